The predicted octanol–water partition coefficient (Wildman–Crippen LogP) is 4.51. The van der Waals surface area contributed by atoms with Crippen molar-refractivity contribution in [3.63, 3.8) is 0 Å². The number of anilines is 2. The second-order valence-corrected chi connectivity index (χ2v) is 7.83. The van der Waals surface area contributed by atoms with Crippen LogP contribution in [-0.4, -0.2) is 37.6 Å². The first-order valence-corrected chi connectivity index (χ1v) is 11.4. The first-order valence-electron chi connectivity index (χ1n) is 10.5. The van der Waals surface area contributed by atoms with Crippen molar-refractivity contribution < 1.29 is 23.8 Å². The molecule has 33 heavy (non-hydrogen) atoms. The molecule has 1 N–H and O–H groups in total. The summed E-state index contributed by atoms with van der Waals surface area (Å²) in [6.07, 6.45) is 1.72. The number of benzene rings is 2. The monoisotopic (exact) mass is 469 g/mol. The second kappa shape index (κ2) is 11.9. The second-order valence-electron chi connectivity index (χ2n) is 6.96. The summed E-state index contributed by atoms with van der Waals surface area (Å²) in [7, 11) is 3.13. The fourth-order valence-electron chi connectivity index (χ4n) is 3.19. The highest BCUT2D eigenvalue weighted by atomic mass is 32.1. The number of hydrogen-bond acceptors (Lipinski definition) is 7. The summed E-state index contributed by atoms with van der Waals surface area (Å²) in [6, 6.07) is 12.7. The number of amides is 2. The van der Waals surface area contributed by atoms with E-state index in [1.54, 1.807) is 43.5 Å². The lowest BCUT2D eigenvalue weighted by Gasteiger charge is -2.21. The lowest BCUT2D eigenvalue weighted by molar-refractivity contribution is -0.122. The molecule has 0 fully saturated rings. The van der Waals surface area contributed by atoms with E-state index < -0.39 is 0 Å². The van der Waals surface area contributed by atoms with Gasteiger partial charge in [0, 0.05) is 24.4 Å². The van der Waals surface area contributed by atoms with Crippen molar-refractivity contribution >= 4 is 34.0 Å². The number of nitrogens with one attached hydrogen (secondary N) is 1. The first kappa shape index (κ1) is 24.1. The number of carbonyl (C=O) groups excluding carboxylic acids is 2. The van der Waals surface area contributed by atoms with E-state index in [1.807, 2.05) is 36.6 Å². The lowest BCUT2D eigenvalue weighted by atomic mass is 10.1. The summed E-state index contributed by atoms with van der Waals surface area (Å²) in [6.45, 7) is 2.66. The number of hydrogen-bond donors (Lipinski definition) is 1. The van der Waals surface area contributed by atoms with Gasteiger partial charge in [0.15, 0.2) is 16.6 Å². The summed E-state index contributed by atoms with van der Waals surface area (Å²) >= 11 is 1.36. The Hall–Kier alpha value is -3.59. The van der Waals surface area contributed by atoms with Crippen LogP contribution in [0.5, 0.6) is 17.2 Å². The molecule has 0 spiro atoms. The van der Waals surface area contributed by atoms with E-state index in [0.29, 0.717) is 41.2 Å². The molecule has 1 heterocycles. The van der Waals surface area contributed by atoms with Gasteiger partial charge in [-0.25, -0.2) is 4.98 Å². The molecule has 3 aromatic rings. The van der Waals surface area contributed by atoms with Gasteiger partial charge in [0.05, 0.1) is 33.1 Å². The molecule has 2 aromatic carbocycles. The topological polar surface area (TPSA) is 90.0 Å². The number of ether oxygens (including phenoxy) is 3. The molecule has 1 aromatic heterocycles. The van der Waals surface area contributed by atoms with Crippen LogP contribution in [0.2, 0.25) is 0 Å². The van der Waals surface area contributed by atoms with Gasteiger partial charge < -0.3 is 19.5 Å². The SMILES string of the molecule is CCOc1ccccc1NC(=O)CCC(=O)N(Cc1ccc(OC)c(OC)c1)c1nccs1. The van der Waals surface area contributed by atoms with Gasteiger partial charge in [-0.15, -0.1) is 11.3 Å². The Morgan fingerprint density at radius 2 is 1.82 bits per heavy atom. The minimum atomic E-state index is -0.263. The summed E-state index contributed by atoms with van der Waals surface area (Å²) in [5, 5.41) is 5.20. The van der Waals surface area contributed by atoms with E-state index in [2.05, 4.69) is 10.3 Å². The Bertz CT molecular complexity index is 1070. The van der Waals surface area contributed by atoms with E-state index in [1.165, 1.54) is 11.3 Å². The molecule has 8 nitrogen and oxygen atoms in total. The van der Waals surface area contributed by atoms with Crippen molar-refractivity contribution in [3.8, 4) is 17.2 Å². The van der Waals surface area contributed by atoms with Crippen LogP contribution in [0.25, 0.3) is 0 Å². The Balaban J connectivity index is 1.68. The van der Waals surface area contributed by atoms with Crippen LogP contribution in [0.4, 0.5) is 10.8 Å². The zero-order valence-corrected chi connectivity index (χ0v) is 19.7. The fourth-order valence-corrected chi connectivity index (χ4v) is 3.85. The molecule has 0 saturated carbocycles. The minimum Gasteiger partial charge on any atom is -0.493 e. The third-order valence-electron chi connectivity index (χ3n) is 4.77. The summed E-state index contributed by atoms with van der Waals surface area (Å²) in [5.41, 5.74) is 1.44. The molecular formula is C24H27N3O5S. The summed E-state index contributed by atoms with van der Waals surface area (Å²) in [4.78, 5) is 31.5. The van der Waals surface area contributed by atoms with Gasteiger partial charge in [0.1, 0.15) is 5.75 Å². The molecule has 0 aliphatic rings. The highest BCUT2D eigenvalue weighted by Gasteiger charge is 2.20. The molecule has 9 heteroatoms. The number of para-hydroxylation sites is 2. The zero-order chi connectivity index (χ0) is 23.6. The van der Waals surface area contributed by atoms with Gasteiger partial charge in [0.2, 0.25) is 11.8 Å². The largest absolute Gasteiger partial charge is 0.493 e. The van der Waals surface area contributed by atoms with Crippen molar-refractivity contribution in [2.24, 2.45) is 0 Å². The molecular weight excluding hydrogens is 442 g/mol. The quantitative estimate of drug-likeness (QED) is 0.444. The number of thiazole rings is 1. The van der Waals surface area contributed by atoms with Gasteiger partial charge in [-0.2, -0.15) is 0 Å². The van der Waals surface area contributed by atoms with Crippen LogP contribution >= 0.6 is 11.3 Å². The average molecular weight is 470 g/mol. The highest BCUT2D eigenvalue weighted by molar-refractivity contribution is 7.13. The van der Waals surface area contributed by atoms with Gasteiger partial charge in [-0.05, 0) is 36.8 Å². The van der Waals surface area contributed by atoms with Crippen molar-refractivity contribution in [2.75, 3.05) is 31.0 Å². The molecule has 174 valence electrons. The molecule has 3 rings (SSSR count). The molecule has 0 radical (unpaired) electrons. The van der Waals surface area contributed by atoms with Crippen LogP contribution in [0.3, 0.4) is 0 Å². The van der Waals surface area contributed by atoms with Crippen molar-refractivity contribution in [2.45, 2.75) is 26.3 Å². The maximum Gasteiger partial charge on any atom is 0.229 e. The van der Waals surface area contributed by atoms with E-state index in [9.17, 15) is 9.59 Å². The molecule has 0 atom stereocenters. The van der Waals surface area contributed by atoms with Crippen molar-refractivity contribution in [1.82, 2.24) is 4.98 Å². The number of carbonyl (C=O) groups is 2. The third-order valence-corrected chi connectivity index (χ3v) is 5.56. The van der Waals surface area contributed by atoms with Gasteiger partial charge >= 0.3 is 0 Å². The zero-order valence-electron chi connectivity index (χ0n) is 18.9. The fraction of sp³-hybridized carbons (Fsp3) is 0.292. The summed E-state index contributed by atoms with van der Waals surface area (Å²) in [5.74, 6) is 1.32. The standard InChI is InChI=1S/C24H27N3O5S/c1-4-32-19-8-6-5-7-18(19)26-22(28)11-12-23(29)27(24-25-13-14-33-24)16-17-9-10-20(30-2)21(15-17)31-3/h5-10,13-15H,4,11-12,16H2,1-3H3,(H,26,28). The molecule has 0 aliphatic carbocycles. The molecule has 0 bridgehead atoms. The molecule has 0 saturated heterocycles. The van der Waals surface area contributed by atoms with Crippen molar-refractivity contribution in [1.29, 1.82) is 0 Å². The Labute approximate surface area is 197 Å². The summed E-state index contributed by atoms with van der Waals surface area (Å²) < 4.78 is 16.2. The third kappa shape index (κ3) is 6.45. The Morgan fingerprint density at radius 1 is 1.03 bits per heavy atom. The smallest absolute Gasteiger partial charge is 0.229 e. The maximum atomic E-state index is 13.1. The maximum absolute atomic E-state index is 13.1. The molecule has 2 amide bonds. The van der Waals surface area contributed by atoms with Crippen LogP contribution in [-0.2, 0) is 16.1 Å². The number of rotatable bonds is 11. The van der Waals surface area contributed by atoms with E-state index in [0.717, 1.165) is 5.56 Å². The molecule has 0 unspecified atom stereocenters. The van der Waals surface area contributed by atoms with Gasteiger partial charge in [0.25, 0.3) is 0 Å². The van der Waals surface area contributed by atoms with Gasteiger partial charge in [-0.3, -0.25) is 14.5 Å². The number of methoxy groups -OCH3 is 2. The first-order chi connectivity index (χ1) is 16.0. The van der Waals surface area contributed by atoms with Crippen LogP contribution in [0.15, 0.2) is 54.0 Å². The van der Waals surface area contributed by atoms with Crippen LogP contribution in [0.1, 0.15) is 25.3 Å². The lowest BCUT2D eigenvalue weighted by Crippen LogP contribution is -2.31. The van der Waals surface area contributed by atoms with Crippen molar-refractivity contribution in [3.05, 3.63) is 59.6 Å². The minimum absolute atomic E-state index is 0.0348. The normalized spacial score (nSPS) is 10.4. The van der Waals surface area contributed by atoms with E-state index >= 15 is 0 Å². The van der Waals surface area contributed by atoms with Crippen LogP contribution < -0.4 is 24.4 Å². The van der Waals surface area contributed by atoms with E-state index in [4.69, 9.17) is 14.2 Å². The Morgan fingerprint density at radius 3 is 2.52 bits per heavy atom. The number of aromatic nitrogens is 1. The average Bonchev–Trinajstić information content (AvgIpc) is 3.37. The predicted molar refractivity (Wildman–Crippen MR) is 128 cm³/mol. The van der Waals surface area contributed by atoms with Crippen LogP contribution in [0, 0.1) is 0 Å². The van der Waals surface area contributed by atoms with E-state index in [-0.39, 0.29) is 24.7 Å². The number of nitrogens with zero attached hydrogens (tertiary/aromatic N) is 2. The highest BCUT2D eigenvalue weighted by Crippen LogP contribution is 2.30. The van der Waals surface area contributed by atoms with Gasteiger partial charge in [-0.1, -0.05) is 18.2 Å². The molecule has 0 aliphatic heterocycles. The Kier molecular flexibility index (Phi) is 8.65.